The van der Waals surface area contributed by atoms with Crippen molar-refractivity contribution in [1.82, 2.24) is 57.3 Å². The molecule has 4 aliphatic rings. The number of carbonyl (C=O) groups excluding carboxylic acids is 8. The van der Waals surface area contributed by atoms with Gasteiger partial charge in [0.15, 0.2) is 0 Å². The van der Waals surface area contributed by atoms with Crippen molar-refractivity contribution < 1.29 is 38.4 Å². The Labute approximate surface area is 454 Å². The van der Waals surface area contributed by atoms with Crippen LogP contribution in [-0.4, -0.2) is 144 Å². The average Bonchev–Trinajstić information content (AvgIpc) is 4.03. The molecule has 6 rings (SSSR count). The normalized spacial score (nSPS) is 24.2. The number of amides is 8. The number of aryl methyl sites for hydroxylation is 1. The molecule has 10 atom stereocenters. The number of likely N-dealkylation sites (N-methyl/N-ethyl adjacent to an activating group) is 2. The van der Waals surface area contributed by atoms with Crippen molar-refractivity contribution in [2.45, 2.75) is 174 Å². The quantitative estimate of drug-likeness (QED) is 0.120. The van der Waals surface area contributed by atoms with Gasteiger partial charge in [-0.3, -0.25) is 38.4 Å². The molecule has 3 heterocycles. The van der Waals surface area contributed by atoms with E-state index in [1.54, 1.807) is 27.9 Å². The number of likely N-dealkylation sites (tertiary alicyclic amines) is 2. The minimum absolute atomic E-state index is 0.0447. The van der Waals surface area contributed by atoms with Crippen molar-refractivity contribution in [2.24, 2.45) is 10.8 Å². The second-order valence-electron chi connectivity index (χ2n) is 23.2. The van der Waals surface area contributed by atoms with E-state index in [0.29, 0.717) is 12.0 Å². The second kappa shape index (κ2) is 26.1. The Balaban J connectivity index is 1.21. The first-order chi connectivity index (χ1) is 36.4. The van der Waals surface area contributed by atoms with Gasteiger partial charge in [0, 0.05) is 25.2 Å². The zero-order valence-corrected chi connectivity index (χ0v) is 46.7. The molecule has 8 N–H and O–H groups in total. The molecule has 0 spiro atoms. The molecule has 418 valence electrons. The maximum atomic E-state index is 14.7. The summed E-state index contributed by atoms with van der Waals surface area (Å²) < 4.78 is 0. The fourth-order valence-electron chi connectivity index (χ4n) is 10.4. The topological polar surface area (TPSA) is 252 Å². The number of aromatic nitrogens is 1. The van der Waals surface area contributed by atoms with Gasteiger partial charge in [0.1, 0.15) is 35.6 Å². The molecule has 19 nitrogen and oxygen atoms in total. The van der Waals surface area contributed by atoms with Crippen LogP contribution in [0.15, 0.2) is 78.9 Å². The van der Waals surface area contributed by atoms with Crippen LogP contribution in [0.1, 0.15) is 145 Å². The van der Waals surface area contributed by atoms with Crippen LogP contribution in [0.4, 0.5) is 0 Å². The van der Waals surface area contributed by atoms with Gasteiger partial charge in [-0.1, -0.05) is 109 Å². The van der Waals surface area contributed by atoms with Gasteiger partial charge in [-0.25, -0.2) is 4.98 Å². The van der Waals surface area contributed by atoms with Crippen molar-refractivity contribution in [3.05, 3.63) is 101 Å². The lowest BCUT2D eigenvalue weighted by Crippen LogP contribution is -2.60. The summed E-state index contributed by atoms with van der Waals surface area (Å²) in [6.07, 6.45) is 13.7. The fraction of sp³-hybridized carbons (Fsp3) is 0.569. The largest absolute Gasteiger partial charge is 0.348 e. The van der Waals surface area contributed by atoms with Gasteiger partial charge >= 0.3 is 0 Å². The Morgan fingerprint density at radius 3 is 1.62 bits per heavy atom. The summed E-state index contributed by atoms with van der Waals surface area (Å²) in [6.45, 7) is 18.5. The summed E-state index contributed by atoms with van der Waals surface area (Å²) in [5.41, 5.74) is 1.16. The number of allylic oxidation sites excluding steroid dienone is 3. The number of pyridine rings is 1. The monoisotopic (exact) mass is 1060 g/mol. The summed E-state index contributed by atoms with van der Waals surface area (Å²) >= 11 is 0. The van der Waals surface area contributed by atoms with Crippen molar-refractivity contribution in [1.29, 1.82) is 0 Å². The van der Waals surface area contributed by atoms with Gasteiger partial charge in [0.05, 0.1) is 24.2 Å². The molecule has 2 aliphatic heterocycles. The third-order valence-corrected chi connectivity index (χ3v) is 15.2. The molecule has 8 amide bonds. The number of hydrogen-bond acceptors (Lipinski definition) is 11. The molecule has 77 heavy (non-hydrogen) atoms. The number of benzene rings is 1. The minimum Gasteiger partial charge on any atom is -0.348 e. The fourth-order valence-corrected chi connectivity index (χ4v) is 10.4. The molecule has 2 aliphatic carbocycles. The maximum absolute atomic E-state index is 14.7. The zero-order chi connectivity index (χ0) is 56.4. The van der Waals surface area contributed by atoms with E-state index in [-0.39, 0.29) is 61.1 Å². The van der Waals surface area contributed by atoms with Gasteiger partial charge in [0.2, 0.25) is 35.4 Å². The maximum Gasteiger partial charge on any atom is 0.270 e. The van der Waals surface area contributed by atoms with Crippen molar-refractivity contribution >= 4 is 47.3 Å². The third kappa shape index (κ3) is 15.3. The molecule has 2 fully saturated rings. The van der Waals surface area contributed by atoms with E-state index in [0.717, 1.165) is 49.7 Å². The Bertz CT molecular complexity index is 2580. The highest BCUT2D eigenvalue weighted by atomic mass is 16.2. The van der Waals surface area contributed by atoms with E-state index in [1.165, 1.54) is 28.0 Å². The van der Waals surface area contributed by atoms with E-state index in [9.17, 15) is 38.4 Å². The molecule has 1 aromatic heterocycles. The van der Waals surface area contributed by atoms with Gasteiger partial charge < -0.3 is 52.3 Å². The third-order valence-electron chi connectivity index (χ3n) is 15.2. The molecule has 2 saturated heterocycles. The van der Waals surface area contributed by atoms with E-state index >= 15 is 0 Å². The van der Waals surface area contributed by atoms with Gasteiger partial charge in [0.25, 0.3) is 11.8 Å². The van der Waals surface area contributed by atoms with E-state index in [4.69, 9.17) is 0 Å². The Morgan fingerprint density at radius 1 is 0.623 bits per heavy atom. The van der Waals surface area contributed by atoms with E-state index < -0.39 is 94.7 Å². The predicted molar refractivity (Wildman–Crippen MR) is 295 cm³/mol. The molecular formula is C58H83N11O8. The van der Waals surface area contributed by atoms with E-state index in [2.05, 4.69) is 66.2 Å². The molecular weight excluding hydrogens is 979 g/mol. The molecule has 2 aromatic rings. The smallest absolute Gasteiger partial charge is 0.270 e. The Hall–Kier alpha value is -6.73. The zero-order valence-electron chi connectivity index (χ0n) is 46.7. The second-order valence-corrected chi connectivity index (χ2v) is 23.2. The minimum atomic E-state index is -1.03. The van der Waals surface area contributed by atoms with Crippen molar-refractivity contribution in [2.75, 3.05) is 27.2 Å². The lowest BCUT2D eigenvalue weighted by atomic mass is 9.85. The Kier molecular flexibility index (Phi) is 20.2. The molecule has 0 bridgehead atoms. The SMILES string of the molecule is C=C1/C=C\C=C/CCCC[C@H]1NC(=O)[C@@H]1C[C@H](NC(=O)c2cccc(C(=O)N[C@H]3C[C@@H](C(=O)N[C@@H]4CCCc5ccccc54)N(C(=O)[C@@H](NC(=O)[C@H](C)NC)C(C)(C)C)C3)n2)CN1C(=O)[C@@H](NC(=O)[C@H](C)NC)C(C)(C)C. The van der Waals surface area contributed by atoms with Crippen LogP contribution in [0.25, 0.3) is 0 Å². The molecule has 0 saturated carbocycles. The van der Waals surface area contributed by atoms with Crippen LogP contribution in [0.5, 0.6) is 0 Å². The first kappa shape index (κ1) is 59.5. The highest BCUT2D eigenvalue weighted by Gasteiger charge is 2.48. The number of rotatable bonds is 16. The first-order valence-corrected chi connectivity index (χ1v) is 27.3. The number of hydrogen-bond donors (Lipinski definition) is 8. The summed E-state index contributed by atoms with van der Waals surface area (Å²) in [5.74, 6) is -3.81. The van der Waals surface area contributed by atoms with Crippen LogP contribution in [0, 0.1) is 10.8 Å². The highest BCUT2D eigenvalue weighted by molar-refractivity contribution is 5.98. The number of nitrogens with zero attached hydrogens (tertiary/aromatic N) is 3. The Morgan fingerprint density at radius 2 is 1.12 bits per heavy atom. The lowest BCUT2D eigenvalue weighted by Gasteiger charge is -2.36. The number of fused-ring (bicyclic) bond motifs is 1. The van der Waals surface area contributed by atoms with E-state index in [1.807, 2.05) is 78.0 Å². The van der Waals surface area contributed by atoms with Crippen LogP contribution in [0.2, 0.25) is 0 Å². The van der Waals surface area contributed by atoms with Crippen LogP contribution < -0.4 is 42.5 Å². The van der Waals surface area contributed by atoms with Gasteiger partial charge in [-0.05, 0) is 119 Å². The van der Waals surface area contributed by atoms with Crippen molar-refractivity contribution in [3.63, 3.8) is 0 Å². The highest BCUT2D eigenvalue weighted by Crippen LogP contribution is 2.32. The summed E-state index contributed by atoms with van der Waals surface area (Å²) in [6, 6.07) is 4.99. The summed E-state index contributed by atoms with van der Waals surface area (Å²) in [5, 5.41) is 23.9. The van der Waals surface area contributed by atoms with Crippen LogP contribution in [0.3, 0.4) is 0 Å². The van der Waals surface area contributed by atoms with Crippen LogP contribution in [-0.2, 0) is 35.2 Å². The van der Waals surface area contributed by atoms with Crippen molar-refractivity contribution in [3.8, 4) is 0 Å². The molecule has 19 heteroatoms. The predicted octanol–water partition coefficient (Wildman–Crippen LogP) is 3.68. The molecule has 0 unspecified atom stereocenters. The summed E-state index contributed by atoms with van der Waals surface area (Å²) in [7, 11) is 3.29. The average molecular weight is 1060 g/mol. The van der Waals surface area contributed by atoms with Gasteiger partial charge in [-0.2, -0.15) is 0 Å². The lowest BCUT2D eigenvalue weighted by molar-refractivity contribution is -0.144. The number of nitrogens with one attached hydrogen (secondary N) is 8. The molecule has 0 radical (unpaired) electrons. The van der Waals surface area contributed by atoms with Crippen LogP contribution >= 0.6 is 0 Å². The standard InChI is InChI=1S/C58H83N11O8/c1-34-22-16-14-12-13-15-17-26-41(34)64-53(74)45-30-38(32-68(45)55(76)47(57(4,5)6)66-49(70)35(2)59-10)61-51(72)43-28-21-29-44(63-43)52(73)62-39-31-46(54(75)65-42-27-20-24-37-23-18-19-25-40(37)42)69(33-39)56(77)48(58(7,8)9)67-50(71)36(3)60-11/h12,14,16,18-19,21-23,25,28-29,35-36,38-39,41-42,45-48,59-60H,1,13,15,17,20,24,26-27,30-33H2,2-11H3,(H,61,72)(H,62,73)(H,64,74)(H,65,75)(H,66,70)(H,67,71)/b14-12-,22-16-/t35-,36-,38-,39-,41+,42+,45-,46-,47+,48+/m0/s1. The van der Waals surface area contributed by atoms with Gasteiger partial charge in [-0.15, -0.1) is 0 Å². The first-order valence-electron chi connectivity index (χ1n) is 27.3. The molecule has 1 aromatic carbocycles. The number of carbonyl (C=O) groups is 8. The summed E-state index contributed by atoms with van der Waals surface area (Å²) in [4.78, 5) is 120.